The van der Waals surface area contributed by atoms with Crippen LogP contribution in [0.25, 0.3) is 0 Å². The molecular formula is CH5NNiO4. The molecule has 0 aromatic heterocycles. The SMILES string of the molecule is C.O=[N+]([O-])OO.[Ni]. The van der Waals surface area contributed by atoms with E-state index in [1.807, 2.05) is 0 Å². The van der Waals surface area contributed by atoms with Gasteiger partial charge in [-0.15, -0.1) is 15.1 Å². The molecule has 0 fully saturated rings. The van der Waals surface area contributed by atoms with Crippen molar-refractivity contribution in [2.75, 3.05) is 0 Å². The van der Waals surface area contributed by atoms with E-state index in [1.54, 1.807) is 0 Å². The van der Waals surface area contributed by atoms with Crippen LogP contribution in [-0.2, 0) is 21.5 Å². The molecule has 0 heterocycles. The number of rotatable bonds is 1. The largest absolute Gasteiger partial charge is 0.322 e. The molecule has 0 aliphatic heterocycles. The van der Waals surface area contributed by atoms with Gasteiger partial charge in [-0.2, -0.15) is 0 Å². The molecule has 0 aromatic carbocycles. The molecule has 0 atom stereocenters. The summed E-state index contributed by atoms with van der Waals surface area (Å²) in [5.74, 6) is 0. The van der Waals surface area contributed by atoms with Crippen molar-refractivity contribution in [3.63, 3.8) is 0 Å². The van der Waals surface area contributed by atoms with Crippen LogP contribution in [0.4, 0.5) is 0 Å². The van der Waals surface area contributed by atoms with Crippen molar-refractivity contribution in [2.45, 2.75) is 7.43 Å². The molecule has 6 heteroatoms. The quantitative estimate of drug-likeness (QED) is 0.255. The molecule has 7 heavy (non-hydrogen) atoms. The van der Waals surface area contributed by atoms with Gasteiger partial charge in [0.15, 0.2) is 0 Å². The first-order chi connectivity index (χ1) is 2.27. The van der Waals surface area contributed by atoms with E-state index in [0.29, 0.717) is 0 Å². The maximum atomic E-state index is 8.70. The topological polar surface area (TPSA) is 72.6 Å². The van der Waals surface area contributed by atoms with Crippen LogP contribution in [0.1, 0.15) is 7.43 Å². The second kappa shape index (κ2) is 9.17. The van der Waals surface area contributed by atoms with Crippen molar-refractivity contribution in [3.05, 3.63) is 10.1 Å². The van der Waals surface area contributed by atoms with Crippen LogP contribution in [0.15, 0.2) is 0 Å². The summed E-state index contributed by atoms with van der Waals surface area (Å²) in [5, 5.41) is 14.3. The van der Waals surface area contributed by atoms with E-state index >= 15 is 0 Å². The number of hydrogen-bond donors (Lipinski definition) is 1. The maximum absolute atomic E-state index is 8.70. The third-order valence-electron chi connectivity index (χ3n) is 0.0667. The molecule has 0 aliphatic rings. The van der Waals surface area contributed by atoms with E-state index in [9.17, 15) is 0 Å². The average molecular weight is 154 g/mol. The first kappa shape index (κ1) is 15.9. The van der Waals surface area contributed by atoms with Crippen molar-refractivity contribution < 1.29 is 31.8 Å². The molecule has 0 spiro atoms. The van der Waals surface area contributed by atoms with Crippen LogP contribution >= 0.6 is 0 Å². The molecule has 0 saturated carbocycles. The summed E-state index contributed by atoms with van der Waals surface area (Å²) in [4.78, 5) is 11.2. The van der Waals surface area contributed by atoms with E-state index in [2.05, 4.69) is 4.99 Å². The normalized spacial score (nSPS) is 4.71. The smallest absolute Gasteiger partial charge is 0.214 e. The van der Waals surface area contributed by atoms with Gasteiger partial charge in [-0.3, -0.25) is 0 Å². The van der Waals surface area contributed by atoms with Gasteiger partial charge in [0.25, 0.3) is 0 Å². The fourth-order valence-electron chi connectivity index (χ4n) is 0. The predicted octanol–water partition coefficient (Wildman–Crippen LogP) is 0.301. The van der Waals surface area contributed by atoms with Gasteiger partial charge in [0.1, 0.15) is 0 Å². The van der Waals surface area contributed by atoms with Crippen LogP contribution in [0.2, 0.25) is 0 Å². The summed E-state index contributed by atoms with van der Waals surface area (Å²) >= 11 is 0. The molecule has 1 N–H and O–H groups in total. The molecule has 5 nitrogen and oxygen atoms in total. The number of hydrogen-bond acceptors (Lipinski definition) is 4. The minimum atomic E-state index is -1.32. The number of nitrogens with zero attached hydrogens (tertiary/aromatic N) is 1. The Hall–Kier alpha value is -0.346. The Morgan fingerprint density at radius 2 is 1.86 bits per heavy atom. The molecule has 0 unspecified atom stereocenters. The Balaban J connectivity index is -0.0000000800. The van der Waals surface area contributed by atoms with E-state index in [4.69, 9.17) is 15.4 Å². The van der Waals surface area contributed by atoms with Gasteiger partial charge in [-0.05, 0) is 0 Å². The van der Waals surface area contributed by atoms with Gasteiger partial charge in [-0.1, -0.05) is 7.43 Å². The Labute approximate surface area is 50.2 Å². The molecule has 0 rings (SSSR count). The third kappa shape index (κ3) is 27.6. The summed E-state index contributed by atoms with van der Waals surface area (Å²) in [6, 6.07) is 0. The van der Waals surface area contributed by atoms with Crippen LogP contribution < -0.4 is 0 Å². The Morgan fingerprint density at radius 1 is 1.71 bits per heavy atom. The predicted molar refractivity (Wildman–Crippen MR) is 17.4 cm³/mol. The van der Waals surface area contributed by atoms with Gasteiger partial charge >= 0.3 is 5.09 Å². The average Bonchev–Trinajstić information content (AvgIpc) is 1.38. The zero-order chi connectivity index (χ0) is 4.28. The van der Waals surface area contributed by atoms with E-state index in [1.165, 1.54) is 0 Å². The van der Waals surface area contributed by atoms with E-state index in [-0.39, 0.29) is 23.9 Å². The first-order valence-corrected chi connectivity index (χ1v) is 0.730. The van der Waals surface area contributed by atoms with Gasteiger partial charge in [0.2, 0.25) is 0 Å². The monoisotopic (exact) mass is 153 g/mol. The van der Waals surface area contributed by atoms with Crippen molar-refractivity contribution in [2.24, 2.45) is 0 Å². The van der Waals surface area contributed by atoms with Gasteiger partial charge in [0, 0.05) is 16.5 Å². The standard InChI is InChI=1S/CH4.HNO4.Ni/c;2-1(3)5-4;/h1H4;4H;. The van der Waals surface area contributed by atoms with E-state index < -0.39 is 5.09 Å². The fourth-order valence-corrected chi connectivity index (χ4v) is 0. The van der Waals surface area contributed by atoms with Gasteiger partial charge in [0.05, 0.1) is 0 Å². The van der Waals surface area contributed by atoms with Gasteiger partial charge < -0.3 is 0 Å². The first-order valence-electron chi connectivity index (χ1n) is 0.730. The molecule has 48 valence electrons. The van der Waals surface area contributed by atoms with Gasteiger partial charge in [-0.25, -0.2) is 5.26 Å². The molecule has 0 saturated heterocycles. The zero-order valence-corrected chi connectivity index (χ0v) is 3.42. The Kier molecular flexibility index (Phi) is 20.9. The third-order valence-corrected chi connectivity index (χ3v) is 0.0667. The van der Waals surface area contributed by atoms with Crippen molar-refractivity contribution in [3.8, 4) is 0 Å². The molecule has 0 aliphatic carbocycles. The summed E-state index contributed by atoms with van der Waals surface area (Å²) < 4.78 is 0. The molecule has 0 radical (unpaired) electrons. The summed E-state index contributed by atoms with van der Waals surface area (Å²) in [6.07, 6.45) is 0. The second-order valence-electron chi connectivity index (χ2n) is 0.305. The maximum Gasteiger partial charge on any atom is 0.322 e. The van der Waals surface area contributed by atoms with Crippen molar-refractivity contribution >= 4 is 0 Å². The molecule has 0 amide bonds. The molecule has 0 aromatic rings. The second-order valence-corrected chi connectivity index (χ2v) is 0.305. The minimum absolute atomic E-state index is 0. The van der Waals surface area contributed by atoms with Crippen molar-refractivity contribution in [1.82, 2.24) is 0 Å². The van der Waals surface area contributed by atoms with Crippen LogP contribution in [0.3, 0.4) is 0 Å². The molecular weight excluding hydrogens is 149 g/mol. The zero-order valence-electron chi connectivity index (χ0n) is 2.44. The minimum Gasteiger partial charge on any atom is -0.214 e. The van der Waals surface area contributed by atoms with Crippen LogP contribution in [0.5, 0.6) is 0 Å². The van der Waals surface area contributed by atoms with Crippen molar-refractivity contribution in [1.29, 1.82) is 0 Å². The van der Waals surface area contributed by atoms with E-state index in [0.717, 1.165) is 0 Å². The Bertz CT molecular complexity index is 47.0. The molecule has 0 bridgehead atoms. The summed E-state index contributed by atoms with van der Waals surface area (Å²) in [7, 11) is 0. The summed E-state index contributed by atoms with van der Waals surface area (Å²) in [6.45, 7) is 0. The Morgan fingerprint density at radius 3 is 1.86 bits per heavy atom. The van der Waals surface area contributed by atoms with Crippen LogP contribution in [-0.4, -0.2) is 10.3 Å². The van der Waals surface area contributed by atoms with Crippen LogP contribution in [0, 0.1) is 10.1 Å². The summed E-state index contributed by atoms with van der Waals surface area (Å²) in [5.41, 5.74) is 0. The fraction of sp³-hybridized carbons (Fsp3) is 1.00.